The lowest BCUT2D eigenvalue weighted by Crippen LogP contribution is -2.43. The van der Waals surface area contributed by atoms with Crippen molar-refractivity contribution in [1.82, 2.24) is 24.3 Å². The van der Waals surface area contributed by atoms with Gasteiger partial charge in [-0.2, -0.15) is 12.7 Å². The highest BCUT2D eigenvalue weighted by Gasteiger charge is 2.48. The smallest absolute Gasteiger partial charge is 0.295 e. The molecule has 1 aliphatic carbocycles. The maximum absolute atomic E-state index is 13.6. The van der Waals surface area contributed by atoms with Crippen LogP contribution in [-0.4, -0.2) is 45.3 Å². The second-order valence-corrected chi connectivity index (χ2v) is 10.1. The van der Waals surface area contributed by atoms with E-state index in [-0.39, 0.29) is 33.9 Å². The van der Waals surface area contributed by atoms with Crippen molar-refractivity contribution >= 4 is 26.1 Å². The van der Waals surface area contributed by atoms with Crippen LogP contribution >= 0.6 is 15.9 Å². The van der Waals surface area contributed by atoms with Crippen LogP contribution in [0.4, 0.5) is 4.39 Å². The minimum Gasteiger partial charge on any atom is -0.295 e. The Bertz CT molecular complexity index is 1320. The fourth-order valence-corrected chi connectivity index (χ4v) is 5.94. The summed E-state index contributed by atoms with van der Waals surface area (Å²) in [5.74, 6) is -0.884. The number of piperidine rings is 1. The average molecular weight is 515 g/mol. The highest BCUT2D eigenvalue weighted by atomic mass is 79.9. The Hall–Kier alpha value is -2.42. The standard InChI is InChI=1S/C17H16BrFN6O5S/c18-12-6-10(1-2-13(12)19)25-16(23-29-17(25)26)15-14(21-30-22-15)5-8-3-11-4-9(8)7-24(11)31(20,27)28/h1-2,6,8-9,11H,3-5,7H2,(H2,20,27,28). The van der Waals surface area contributed by atoms with E-state index in [9.17, 15) is 17.6 Å². The zero-order valence-corrected chi connectivity index (χ0v) is 18.2. The SMILES string of the molecule is NS(=O)(=O)N1CC2CC1CC2Cc1nonc1-c1noc(=O)n1-c1ccc(F)c(Br)c1. The van der Waals surface area contributed by atoms with Gasteiger partial charge in [0.15, 0.2) is 5.69 Å². The van der Waals surface area contributed by atoms with Gasteiger partial charge in [0.25, 0.3) is 10.2 Å². The van der Waals surface area contributed by atoms with E-state index in [2.05, 4.69) is 31.4 Å². The van der Waals surface area contributed by atoms with Crippen LogP contribution in [0, 0.1) is 17.7 Å². The maximum atomic E-state index is 13.6. The largest absolute Gasteiger partial charge is 0.446 e. The summed E-state index contributed by atoms with van der Waals surface area (Å²) in [4.78, 5) is 12.3. The Morgan fingerprint density at radius 3 is 2.74 bits per heavy atom. The third-order valence-corrected chi connectivity index (χ3v) is 7.66. The molecule has 1 saturated heterocycles. The van der Waals surface area contributed by atoms with Gasteiger partial charge in [0.05, 0.1) is 10.2 Å². The molecule has 31 heavy (non-hydrogen) atoms. The van der Waals surface area contributed by atoms with E-state index >= 15 is 0 Å². The van der Waals surface area contributed by atoms with Gasteiger partial charge in [0.1, 0.15) is 11.5 Å². The molecule has 2 aliphatic rings. The summed E-state index contributed by atoms with van der Waals surface area (Å²) in [6.07, 6.45) is 1.84. The number of benzene rings is 1. The molecule has 0 amide bonds. The lowest BCUT2D eigenvalue weighted by molar-refractivity contribution is 0.255. The number of fused-ring (bicyclic) bond motifs is 2. The summed E-state index contributed by atoms with van der Waals surface area (Å²) in [7, 11) is -3.71. The fourth-order valence-electron chi connectivity index (χ4n) is 4.59. The van der Waals surface area contributed by atoms with Gasteiger partial charge in [0, 0.05) is 12.6 Å². The number of aromatic nitrogens is 4. The van der Waals surface area contributed by atoms with Crippen LogP contribution in [0.1, 0.15) is 18.5 Å². The lowest BCUT2D eigenvalue weighted by Gasteiger charge is -2.28. The van der Waals surface area contributed by atoms with Crippen LogP contribution < -0.4 is 10.9 Å². The number of halogens is 2. The molecule has 5 rings (SSSR count). The van der Waals surface area contributed by atoms with Gasteiger partial charge in [-0.25, -0.2) is 23.5 Å². The number of hydrogen-bond donors (Lipinski definition) is 1. The van der Waals surface area contributed by atoms with Crippen molar-refractivity contribution in [2.24, 2.45) is 17.0 Å². The maximum Gasteiger partial charge on any atom is 0.446 e. The van der Waals surface area contributed by atoms with E-state index in [1.165, 1.54) is 22.5 Å². The highest BCUT2D eigenvalue weighted by molar-refractivity contribution is 9.10. The summed E-state index contributed by atoms with van der Waals surface area (Å²) in [6, 6.07) is 3.90. The predicted molar refractivity (Wildman–Crippen MR) is 107 cm³/mol. The normalized spacial score (nSPS) is 23.6. The van der Waals surface area contributed by atoms with Crippen LogP contribution in [0.3, 0.4) is 0 Å². The molecule has 14 heteroatoms. The molecule has 0 spiro atoms. The number of hydrogen-bond acceptors (Lipinski definition) is 8. The Balaban J connectivity index is 1.44. The quantitative estimate of drug-likeness (QED) is 0.533. The van der Waals surface area contributed by atoms with Gasteiger partial charge >= 0.3 is 5.76 Å². The highest BCUT2D eigenvalue weighted by Crippen LogP contribution is 2.44. The van der Waals surface area contributed by atoms with Gasteiger partial charge in [-0.3, -0.25) is 4.52 Å². The molecule has 3 heterocycles. The van der Waals surface area contributed by atoms with E-state index in [4.69, 9.17) is 14.3 Å². The minimum atomic E-state index is -3.71. The third-order valence-electron chi connectivity index (χ3n) is 5.95. The van der Waals surface area contributed by atoms with Crippen molar-refractivity contribution in [3.8, 4) is 17.2 Å². The molecule has 1 aromatic carbocycles. The van der Waals surface area contributed by atoms with Crippen LogP contribution in [0.15, 0.2) is 36.6 Å². The van der Waals surface area contributed by atoms with E-state index in [1.807, 2.05) is 0 Å². The van der Waals surface area contributed by atoms with Gasteiger partial charge < -0.3 is 0 Å². The first-order chi connectivity index (χ1) is 14.7. The molecule has 3 unspecified atom stereocenters. The second-order valence-electron chi connectivity index (χ2n) is 7.73. The average Bonchev–Trinajstić information content (AvgIpc) is 3.47. The van der Waals surface area contributed by atoms with Gasteiger partial charge in [0.2, 0.25) is 5.82 Å². The molecule has 164 valence electrons. The van der Waals surface area contributed by atoms with Crippen LogP contribution in [0.5, 0.6) is 0 Å². The predicted octanol–water partition coefficient (Wildman–Crippen LogP) is 1.23. The first-order valence-electron chi connectivity index (χ1n) is 9.38. The molecule has 11 nitrogen and oxygen atoms in total. The van der Waals surface area contributed by atoms with E-state index in [1.54, 1.807) is 0 Å². The van der Waals surface area contributed by atoms with E-state index in [0.29, 0.717) is 30.8 Å². The van der Waals surface area contributed by atoms with E-state index < -0.39 is 21.8 Å². The summed E-state index contributed by atoms with van der Waals surface area (Å²) < 4.78 is 49.4. The van der Waals surface area contributed by atoms with Crippen molar-refractivity contribution in [2.75, 3.05) is 6.54 Å². The monoisotopic (exact) mass is 514 g/mol. The van der Waals surface area contributed by atoms with Crippen LogP contribution in [0.2, 0.25) is 0 Å². The minimum absolute atomic E-state index is 0.0778. The number of nitrogens with two attached hydrogens (primary N) is 1. The van der Waals surface area contributed by atoms with Gasteiger partial charge in [-0.05, 0) is 70.4 Å². The Kier molecular flexibility index (Phi) is 4.84. The lowest BCUT2D eigenvalue weighted by atomic mass is 9.90. The second kappa shape index (κ2) is 7.32. The summed E-state index contributed by atoms with van der Waals surface area (Å²) in [5.41, 5.74) is 1.03. The molecule has 3 atom stereocenters. The Morgan fingerprint density at radius 1 is 1.26 bits per heavy atom. The Labute approximate surface area is 183 Å². The molecule has 2 aromatic heterocycles. The topological polar surface area (TPSA) is 150 Å². The van der Waals surface area contributed by atoms with E-state index in [0.717, 1.165) is 11.0 Å². The van der Waals surface area contributed by atoms with Gasteiger partial charge in [-0.1, -0.05) is 10.3 Å². The molecule has 2 bridgehead atoms. The molecule has 2 fully saturated rings. The van der Waals surface area contributed by atoms with Gasteiger partial charge in [-0.15, -0.1) is 0 Å². The molecular weight excluding hydrogens is 499 g/mol. The van der Waals surface area contributed by atoms with Crippen molar-refractivity contribution in [3.63, 3.8) is 0 Å². The van der Waals surface area contributed by atoms with Crippen molar-refractivity contribution in [2.45, 2.75) is 25.3 Å². The number of rotatable bonds is 5. The zero-order chi connectivity index (χ0) is 21.9. The molecule has 3 aromatic rings. The van der Waals surface area contributed by atoms with Crippen molar-refractivity contribution in [1.29, 1.82) is 0 Å². The first kappa shape index (κ1) is 20.5. The molecular formula is C17H16BrFN6O5S. The third kappa shape index (κ3) is 3.52. The number of nitrogens with zero attached hydrogens (tertiary/aromatic N) is 5. The van der Waals surface area contributed by atoms with Crippen molar-refractivity contribution in [3.05, 3.63) is 44.7 Å². The fraction of sp³-hybridized carbons (Fsp3) is 0.412. The first-order valence-corrected chi connectivity index (χ1v) is 11.7. The van der Waals surface area contributed by atoms with Crippen LogP contribution in [-0.2, 0) is 16.6 Å². The summed E-state index contributed by atoms with van der Waals surface area (Å²) in [6.45, 7) is 0.368. The molecule has 1 saturated carbocycles. The Morgan fingerprint density at radius 2 is 2.06 bits per heavy atom. The van der Waals surface area contributed by atoms with Crippen molar-refractivity contribution < 1.29 is 22.0 Å². The summed E-state index contributed by atoms with van der Waals surface area (Å²) in [5, 5.41) is 17.0. The molecule has 1 aliphatic heterocycles. The molecule has 0 radical (unpaired) electrons. The zero-order valence-electron chi connectivity index (χ0n) is 15.8. The summed E-state index contributed by atoms with van der Waals surface area (Å²) >= 11 is 3.10. The van der Waals surface area contributed by atoms with Crippen LogP contribution in [0.25, 0.3) is 17.2 Å². The molecule has 2 N–H and O–H groups in total.